The maximum Gasteiger partial charge on any atom is 0.263 e. The molecule has 21 heavy (non-hydrogen) atoms. The standard InChI is InChI=1S/C16H23N3O2/c1-4-21-11(3)14-10(2)13(9-17)15(18)19(16(14)20)12-7-5-6-8-12/h9,12,17H,3-8,18H2,1-2H3. The molecule has 0 spiro atoms. The lowest BCUT2D eigenvalue weighted by atomic mass is 10.0. The Morgan fingerprint density at radius 3 is 2.67 bits per heavy atom. The van der Waals surface area contributed by atoms with E-state index in [-0.39, 0.29) is 11.6 Å². The van der Waals surface area contributed by atoms with Crippen LogP contribution in [0.4, 0.5) is 5.82 Å². The molecule has 0 atom stereocenters. The second kappa shape index (κ2) is 6.16. The largest absolute Gasteiger partial charge is 0.494 e. The SMILES string of the molecule is C=C(OCC)c1c(C)c(C=N)c(N)n(C2CCCC2)c1=O. The zero-order valence-corrected chi connectivity index (χ0v) is 12.7. The molecule has 0 aromatic carbocycles. The first-order valence-electron chi connectivity index (χ1n) is 7.40. The van der Waals surface area contributed by atoms with E-state index in [2.05, 4.69) is 6.58 Å². The molecule has 1 aromatic rings. The van der Waals surface area contributed by atoms with Crippen molar-refractivity contribution in [2.75, 3.05) is 12.3 Å². The molecule has 1 heterocycles. The van der Waals surface area contributed by atoms with Crippen LogP contribution in [0.1, 0.15) is 55.3 Å². The quantitative estimate of drug-likeness (QED) is 0.646. The number of nitrogen functional groups attached to an aromatic ring is 1. The molecule has 0 saturated heterocycles. The molecule has 0 bridgehead atoms. The molecular weight excluding hydrogens is 266 g/mol. The van der Waals surface area contributed by atoms with Crippen LogP contribution in [0.15, 0.2) is 11.4 Å². The molecule has 114 valence electrons. The molecule has 5 heteroatoms. The maximum absolute atomic E-state index is 12.8. The highest BCUT2D eigenvalue weighted by Crippen LogP contribution is 2.32. The first-order valence-corrected chi connectivity index (χ1v) is 7.40. The first-order chi connectivity index (χ1) is 10.0. The molecule has 3 N–H and O–H groups in total. The normalized spacial score (nSPS) is 15.1. The number of hydrogen-bond donors (Lipinski definition) is 2. The Morgan fingerprint density at radius 1 is 1.52 bits per heavy atom. The average molecular weight is 289 g/mol. The lowest BCUT2D eigenvalue weighted by molar-refractivity contribution is 0.298. The number of rotatable bonds is 5. The van der Waals surface area contributed by atoms with Crippen LogP contribution in [0.3, 0.4) is 0 Å². The first kappa shape index (κ1) is 15.4. The number of anilines is 1. The molecule has 1 aliphatic carbocycles. The van der Waals surface area contributed by atoms with Crippen LogP contribution < -0.4 is 11.3 Å². The van der Waals surface area contributed by atoms with Gasteiger partial charge in [-0.1, -0.05) is 19.4 Å². The topological polar surface area (TPSA) is 81.1 Å². The maximum atomic E-state index is 12.8. The predicted octanol–water partition coefficient (Wildman–Crippen LogP) is 2.86. The highest BCUT2D eigenvalue weighted by Gasteiger charge is 2.25. The Hall–Kier alpha value is -2.04. The molecule has 1 aliphatic rings. The summed E-state index contributed by atoms with van der Waals surface area (Å²) in [5.74, 6) is 0.738. The molecule has 1 aromatic heterocycles. The molecule has 2 rings (SSSR count). The van der Waals surface area contributed by atoms with Crippen molar-refractivity contribution in [2.45, 2.75) is 45.6 Å². The van der Waals surface area contributed by atoms with Crippen LogP contribution >= 0.6 is 0 Å². The zero-order valence-electron chi connectivity index (χ0n) is 12.7. The molecule has 1 fully saturated rings. The second-order valence-electron chi connectivity index (χ2n) is 5.41. The number of nitrogens with two attached hydrogens (primary N) is 1. The van der Waals surface area contributed by atoms with Crippen molar-refractivity contribution in [3.8, 4) is 0 Å². The van der Waals surface area contributed by atoms with Gasteiger partial charge >= 0.3 is 0 Å². The smallest absolute Gasteiger partial charge is 0.263 e. The van der Waals surface area contributed by atoms with Gasteiger partial charge in [0.15, 0.2) is 0 Å². The highest BCUT2D eigenvalue weighted by atomic mass is 16.5. The van der Waals surface area contributed by atoms with E-state index in [0.29, 0.717) is 34.9 Å². The van der Waals surface area contributed by atoms with E-state index >= 15 is 0 Å². The Bertz CT molecular complexity index is 625. The molecule has 5 nitrogen and oxygen atoms in total. The summed E-state index contributed by atoms with van der Waals surface area (Å²) in [5, 5.41) is 7.61. The molecular formula is C16H23N3O2. The van der Waals surface area contributed by atoms with Crippen molar-refractivity contribution in [1.29, 1.82) is 5.41 Å². The minimum Gasteiger partial charge on any atom is -0.494 e. The van der Waals surface area contributed by atoms with Crippen molar-refractivity contribution < 1.29 is 4.74 Å². The van der Waals surface area contributed by atoms with E-state index in [4.69, 9.17) is 15.9 Å². The number of hydrogen-bond acceptors (Lipinski definition) is 4. The van der Waals surface area contributed by atoms with Gasteiger partial charge in [-0.3, -0.25) is 9.36 Å². The summed E-state index contributed by atoms with van der Waals surface area (Å²) in [4.78, 5) is 12.8. The van der Waals surface area contributed by atoms with Crippen LogP contribution in [0, 0.1) is 12.3 Å². The molecule has 0 aliphatic heterocycles. The fraction of sp³-hybridized carbons (Fsp3) is 0.500. The lowest BCUT2D eigenvalue weighted by Crippen LogP contribution is -2.31. The van der Waals surface area contributed by atoms with Gasteiger partial charge in [-0.2, -0.15) is 0 Å². The van der Waals surface area contributed by atoms with Gasteiger partial charge in [0.25, 0.3) is 5.56 Å². The third kappa shape index (κ3) is 2.60. The van der Waals surface area contributed by atoms with Crippen LogP contribution in [0.5, 0.6) is 0 Å². The average Bonchev–Trinajstić information content (AvgIpc) is 2.93. The summed E-state index contributed by atoms with van der Waals surface area (Å²) in [6, 6.07) is 0.116. The Balaban J connectivity index is 2.70. The molecule has 0 amide bonds. The van der Waals surface area contributed by atoms with Gasteiger partial charge in [0.05, 0.1) is 12.2 Å². The van der Waals surface area contributed by atoms with Gasteiger partial charge in [-0.15, -0.1) is 0 Å². The number of aromatic nitrogens is 1. The van der Waals surface area contributed by atoms with Gasteiger partial charge in [0, 0.05) is 17.8 Å². The van der Waals surface area contributed by atoms with Gasteiger partial charge in [0.1, 0.15) is 11.6 Å². The lowest BCUT2D eigenvalue weighted by Gasteiger charge is -2.22. The van der Waals surface area contributed by atoms with Crippen LogP contribution in [0.2, 0.25) is 0 Å². The minimum absolute atomic E-state index is 0.116. The number of ether oxygens (including phenoxy) is 1. The van der Waals surface area contributed by atoms with E-state index in [1.807, 2.05) is 6.92 Å². The third-order valence-corrected chi connectivity index (χ3v) is 4.18. The molecule has 0 unspecified atom stereocenters. The Kier molecular flexibility index (Phi) is 4.50. The van der Waals surface area contributed by atoms with Gasteiger partial charge in [0.2, 0.25) is 0 Å². The number of nitrogens with zero attached hydrogens (tertiary/aromatic N) is 1. The monoisotopic (exact) mass is 289 g/mol. The van der Waals surface area contributed by atoms with E-state index in [0.717, 1.165) is 25.7 Å². The van der Waals surface area contributed by atoms with Crippen LogP contribution in [-0.4, -0.2) is 17.4 Å². The van der Waals surface area contributed by atoms with Crippen LogP contribution in [0.25, 0.3) is 5.76 Å². The number of nitrogens with one attached hydrogen (secondary N) is 1. The van der Waals surface area contributed by atoms with Gasteiger partial charge in [-0.25, -0.2) is 0 Å². The van der Waals surface area contributed by atoms with Crippen molar-refractivity contribution in [2.24, 2.45) is 0 Å². The summed E-state index contributed by atoms with van der Waals surface area (Å²) in [5.41, 5.74) is 7.70. The second-order valence-corrected chi connectivity index (χ2v) is 5.41. The zero-order chi connectivity index (χ0) is 15.6. The fourth-order valence-corrected chi connectivity index (χ4v) is 3.13. The predicted molar refractivity (Wildman–Crippen MR) is 85.9 cm³/mol. The van der Waals surface area contributed by atoms with Gasteiger partial charge in [-0.05, 0) is 32.3 Å². The molecule has 0 radical (unpaired) electrons. The Labute approximate surface area is 124 Å². The van der Waals surface area contributed by atoms with E-state index in [9.17, 15) is 4.79 Å². The highest BCUT2D eigenvalue weighted by molar-refractivity contribution is 5.88. The van der Waals surface area contributed by atoms with E-state index in [1.54, 1.807) is 11.5 Å². The summed E-state index contributed by atoms with van der Waals surface area (Å²) in [7, 11) is 0. The van der Waals surface area contributed by atoms with Crippen molar-refractivity contribution in [1.82, 2.24) is 4.57 Å². The van der Waals surface area contributed by atoms with Crippen molar-refractivity contribution in [3.63, 3.8) is 0 Å². The molecule has 1 saturated carbocycles. The van der Waals surface area contributed by atoms with E-state index in [1.165, 1.54) is 6.21 Å². The van der Waals surface area contributed by atoms with Gasteiger partial charge < -0.3 is 15.9 Å². The summed E-state index contributed by atoms with van der Waals surface area (Å²) < 4.78 is 7.06. The summed E-state index contributed by atoms with van der Waals surface area (Å²) in [6.45, 7) is 7.95. The minimum atomic E-state index is -0.152. The number of pyridine rings is 1. The third-order valence-electron chi connectivity index (χ3n) is 4.18. The Morgan fingerprint density at radius 2 is 2.14 bits per heavy atom. The fourth-order valence-electron chi connectivity index (χ4n) is 3.13. The van der Waals surface area contributed by atoms with Crippen molar-refractivity contribution in [3.05, 3.63) is 33.6 Å². The summed E-state index contributed by atoms with van der Waals surface area (Å²) in [6.07, 6.45) is 5.31. The summed E-state index contributed by atoms with van der Waals surface area (Å²) >= 11 is 0. The van der Waals surface area contributed by atoms with Crippen LogP contribution in [-0.2, 0) is 4.74 Å². The van der Waals surface area contributed by atoms with E-state index < -0.39 is 0 Å². The van der Waals surface area contributed by atoms with Crippen molar-refractivity contribution >= 4 is 17.8 Å².